The molecule has 6 heteroatoms. The lowest BCUT2D eigenvalue weighted by molar-refractivity contribution is -0.136. The Hall–Kier alpha value is -2.73. The second kappa shape index (κ2) is 9.39. The van der Waals surface area contributed by atoms with E-state index in [0.29, 0.717) is 16.3 Å². The summed E-state index contributed by atoms with van der Waals surface area (Å²) in [5.74, 6) is 0.505. The van der Waals surface area contributed by atoms with Gasteiger partial charge in [0, 0.05) is 46.2 Å². The van der Waals surface area contributed by atoms with Gasteiger partial charge in [0.1, 0.15) is 0 Å². The summed E-state index contributed by atoms with van der Waals surface area (Å²) in [4.78, 5) is 30.1. The number of carboxylic acid groups (broad SMARTS) is 1. The number of carbonyl (C=O) groups is 1. The molecule has 1 saturated heterocycles. The van der Waals surface area contributed by atoms with Crippen molar-refractivity contribution in [3.05, 3.63) is 58.3 Å². The van der Waals surface area contributed by atoms with Gasteiger partial charge in [-0.1, -0.05) is 24.6 Å². The van der Waals surface area contributed by atoms with E-state index in [9.17, 15) is 9.59 Å². The van der Waals surface area contributed by atoms with E-state index in [2.05, 4.69) is 9.89 Å². The molecule has 0 unspecified atom stereocenters. The zero-order chi connectivity index (χ0) is 20.9. The molecule has 0 atom stereocenters. The highest BCUT2D eigenvalue weighted by Gasteiger charge is 2.16. The first-order valence-corrected chi connectivity index (χ1v) is 11.4. The van der Waals surface area contributed by atoms with Crippen LogP contribution in [0.4, 0.5) is 0 Å². The molecule has 0 radical (unpaired) electrons. The molecule has 2 aliphatic heterocycles. The van der Waals surface area contributed by atoms with Crippen LogP contribution in [0.1, 0.15) is 37.7 Å². The molecule has 0 aliphatic carbocycles. The Morgan fingerprint density at radius 3 is 2.67 bits per heavy atom. The van der Waals surface area contributed by atoms with Gasteiger partial charge in [0.2, 0.25) is 0 Å². The van der Waals surface area contributed by atoms with Crippen molar-refractivity contribution >= 4 is 43.3 Å². The molecule has 1 N–H and O–H groups in total. The number of aliphatic imine (C=N–C) groups is 1. The molecule has 0 spiro atoms. The summed E-state index contributed by atoms with van der Waals surface area (Å²) in [5.41, 5.74) is 0.621. The molecular formula is C24H26N2O3S. The SMILES string of the molecule is C1CCC2=NCCCN2CC1.O=C(O)Cc1ccc2sc3ccccc3c(=O)c2c1. The number of carboxylic acids is 1. The van der Waals surface area contributed by atoms with Crippen LogP contribution in [0.3, 0.4) is 0 Å². The fraction of sp³-hybridized carbons (Fsp3) is 0.375. The van der Waals surface area contributed by atoms with Gasteiger partial charge in [0.15, 0.2) is 5.43 Å². The molecule has 5 rings (SSSR count). The number of hydrogen-bond donors (Lipinski definition) is 1. The minimum absolute atomic E-state index is 0.0309. The Bertz CT molecular complexity index is 1150. The van der Waals surface area contributed by atoms with Crippen molar-refractivity contribution in [2.45, 2.75) is 38.5 Å². The Balaban J connectivity index is 0.000000168. The van der Waals surface area contributed by atoms with E-state index in [-0.39, 0.29) is 11.8 Å². The second-order valence-electron chi connectivity index (χ2n) is 7.78. The maximum atomic E-state index is 12.4. The number of nitrogens with zero attached hydrogens (tertiary/aromatic N) is 2. The van der Waals surface area contributed by atoms with Gasteiger partial charge in [-0.3, -0.25) is 14.6 Å². The van der Waals surface area contributed by atoms with Crippen LogP contribution >= 0.6 is 11.3 Å². The van der Waals surface area contributed by atoms with Crippen LogP contribution in [-0.2, 0) is 11.2 Å². The van der Waals surface area contributed by atoms with Crippen LogP contribution in [0, 0.1) is 0 Å². The van der Waals surface area contributed by atoms with Gasteiger partial charge in [-0.2, -0.15) is 0 Å². The monoisotopic (exact) mass is 422 g/mol. The van der Waals surface area contributed by atoms with Crippen molar-refractivity contribution in [3.63, 3.8) is 0 Å². The van der Waals surface area contributed by atoms with E-state index in [1.54, 1.807) is 29.5 Å². The molecule has 0 amide bonds. The number of hydrogen-bond acceptors (Lipinski definition) is 5. The first-order valence-electron chi connectivity index (χ1n) is 10.6. The molecule has 5 nitrogen and oxygen atoms in total. The summed E-state index contributed by atoms with van der Waals surface area (Å²) in [5, 5.41) is 10.1. The second-order valence-corrected chi connectivity index (χ2v) is 8.86. The molecule has 2 aromatic carbocycles. The van der Waals surface area contributed by atoms with E-state index in [0.717, 1.165) is 15.9 Å². The number of aliphatic carboxylic acids is 1. The van der Waals surface area contributed by atoms with Crippen molar-refractivity contribution in [1.82, 2.24) is 4.90 Å². The molecule has 0 saturated carbocycles. The predicted octanol–water partition coefficient (Wildman–Crippen LogP) is 4.71. The topological polar surface area (TPSA) is 70.0 Å². The van der Waals surface area contributed by atoms with Crippen LogP contribution in [-0.4, -0.2) is 41.4 Å². The Labute approximate surface area is 179 Å². The Morgan fingerprint density at radius 1 is 1.00 bits per heavy atom. The van der Waals surface area contributed by atoms with Crippen molar-refractivity contribution < 1.29 is 9.90 Å². The fourth-order valence-electron chi connectivity index (χ4n) is 4.07. The van der Waals surface area contributed by atoms with Crippen LogP contribution in [0.15, 0.2) is 52.3 Å². The Kier molecular flexibility index (Phi) is 6.43. The zero-order valence-electron chi connectivity index (χ0n) is 17.0. The summed E-state index contributed by atoms with van der Waals surface area (Å²) in [6, 6.07) is 12.7. The predicted molar refractivity (Wildman–Crippen MR) is 124 cm³/mol. The lowest BCUT2D eigenvalue weighted by atomic mass is 10.1. The Morgan fingerprint density at radius 2 is 1.80 bits per heavy atom. The number of amidine groups is 1. The summed E-state index contributed by atoms with van der Waals surface area (Å²) in [6.45, 7) is 3.60. The van der Waals surface area contributed by atoms with Gasteiger partial charge in [0.25, 0.3) is 0 Å². The molecular weight excluding hydrogens is 396 g/mol. The van der Waals surface area contributed by atoms with Crippen LogP contribution < -0.4 is 5.43 Å². The fourth-order valence-corrected chi connectivity index (χ4v) is 5.13. The van der Waals surface area contributed by atoms with Crippen molar-refractivity contribution in [1.29, 1.82) is 0 Å². The third-order valence-corrected chi connectivity index (χ3v) is 6.72. The van der Waals surface area contributed by atoms with Crippen molar-refractivity contribution in [3.8, 4) is 0 Å². The minimum Gasteiger partial charge on any atom is -0.481 e. The molecule has 2 aliphatic rings. The zero-order valence-corrected chi connectivity index (χ0v) is 17.8. The van der Waals surface area contributed by atoms with Crippen LogP contribution in [0.5, 0.6) is 0 Å². The van der Waals surface area contributed by atoms with E-state index in [4.69, 9.17) is 5.11 Å². The van der Waals surface area contributed by atoms with E-state index in [1.807, 2.05) is 24.3 Å². The van der Waals surface area contributed by atoms with E-state index >= 15 is 0 Å². The van der Waals surface area contributed by atoms with Gasteiger partial charge >= 0.3 is 5.97 Å². The van der Waals surface area contributed by atoms with Gasteiger partial charge < -0.3 is 10.0 Å². The molecule has 0 bridgehead atoms. The normalized spacial score (nSPS) is 16.3. The molecule has 1 fully saturated rings. The molecule has 156 valence electrons. The van der Waals surface area contributed by atoms with Crippen LogP contribution in [0.2, 0.25) is 0 Å². The standard InChI is InChI=1S/C15H10O3S.C9H16N2/c16-14(17)8-9-5-6-13-11(7-9)15(18)10-3-1-2-4-12(10)19-13;1-2-5-9-10-6-4-8-11(9)7-3-1/h1-7H,8H2,(H,16,17);1-8H2. The number of fused-ring (bicyclic) bond motifs is 3. The maximum Gasteiger partial charge on any atom is 0.307 e. The summed E-state index contributed by atoms with van der Waals surface area (Å²) in [6.07, 6.45) is 6.57. The van der Waals surface area contributed by atoms with Gasteiger partial charge in [-0.15, -0.1) is 11.3 Å². The summed E-state index contributed by atoms with van der Waals surface area (Å²) >= 11 is 1.55. The van der Waals surface area contributed by atoms with Gasteiger partial charge in [0.05, 0.1) is 12.3 Å². The highest BCUT2D eigenvalue weighted by atomic mass is 32.1. The average molecular weight is 423 g/mol. The summed E-state index contributed by atoms with van der Waals surface area (Å²) in [7, 11) is 0. The van der Waals surface area contributed by atoms with E-state index < -0.39 is 5.97 Å². The highest BCUT2D eigenvalue weighted by Crippen LogP contribution is 2.25. The van der Waals surface area contributed by atoms with Crippen molar-refractivity contribution in [2.75, 3.05) is 19.6 Å². The largest absolute Gasteiger partial charge is 0.481 e. The van der Waals surface area contributed by atoms with E-state index in [1.165, 1.54) is 51.0 Å². The van der Waals surface area contributed by atoms with Gasteiger partial charge in [-0.05, 0) is 49.1 Å². The third-order valence-electron chi connectivity index (χ3n) is 5.57. The first-order chi connectivity index (χ1) is 14.6. The average Bonchev–Trinajstić information content (AvgIpc) is 3.00. The first kappa shape index (κ1) is 20.5. The third kappa shape index (κ3) is 4.70. The number of benzene rings is 2. The minimum atomic E-state index is -0.892. The van der Waals surface area contributed by atoms with Gasteiger partial charge in [-0.25, -0.2) is 0 Å². The van der Waals surface area contributed by atoms with Crippen molar-refractivity contribution in [2.24, 2.45) is 4.99 Å². The smallest absolute Gasteiger partial charge is 0.307 e. The van der Waals surface area contributed by atoms with Crippen LogP contribution in [0.25, 0.3) is 20.2 Å². The number of rotatable bonds is 2. The maximum absolute atomic E-state index is 12.4. The molecule has 1 aromatic heterocycles. The highest BCUT2D eigenvalue weighted by molar-refractivity contribution is 7.24. The molecule has 3 aromatic rings. The molecule has 30 heavy (non-hydrogen) atoms. The summed E-state index contributed by atoms with van der Waals surface area (Å²) < 4.78 is 1.84. The quantitative estimate of drug-likeness (QED) is 0.608. The lowest BCUT2D eigenvalue weighted by Crippen LogP contribution is -2.34. The molecule has 3 heterocycles. The lowest BCUT2D eigenvalue weighted by Gasteiger charge is -2.27.